The van der Waals surface area contributed by atoms with E-state index in [1.807, 2.05) is 6.07 Å². The van der Waals surface area contributed by atoms with Gasteiger partial charge in [0.1, 0.15) is 0 Å². The van der Waals surface area contributed by atoms with Crippen molar-refractivity contribution in [2.45, 2.75) is 26.3 Å². The fourth-order valence-electron chi connectivity index (χ4n) is 2.51. The van der Waals surface area contributed by atoms with Crippen LogP contribution in [0.2, 0.25) is 0 Å². The van der Waals surface area contributed by atoms with E-state index in [4.69, 9.17) is 0 Å². The predicted molar refractivity (Wildman–Crippen MR) is 66.4 cm³/mol. The lowest BCUT2D eigenvalue weighted by atomic mass is 9.82. The Hall–Kier alpha value is -0.860. The van der Waals surface area contributed by atoms with Gasteiger partial charge in [-0.15, -0.1) is 0 Å². The Labute approximate surface area is 97.9 Å². The second kappa shape index (κ2) is 4.56. The van der Waals surface area contributed by atoms with Gasteiger partial charge < -0.3 is 5.11 Å². The molecule has 2 heteroatoms. The zero-order valence-electron chi connectivity index (χ0n) is 10.2. The van der Waals surface area contributed by atoms with Gasteiger partial charge in [-0.1, -0.05) is 44.2 Å². The van der Waals surface area contributed by atoms with Gasteiger partial charge in [-0.2, -0.15) is 0 Å². The molecule has 1 heterocycles. The average molecular weight is 219 g/mol. The van der Waals surface area contributed by atoms with Crippen LogP contribution >= 0.6 is 0 Å². The highest BCUT2D eigenvalue weighted by atomic mass is 16.3. The van der Waals surface area contributed by atoms with E-state index >= 15 is 0 Å². The van der Waals surface area contributed by atoms with E-state index in [-0.39, 0.29) is 12.6 Å². The molecule has 1 aliphatic heterocycles. The third-order valence-electron chi connectivity index (χ3n) is 3.30. The molecule has 0 radical (unpaired) electrons. The molecule has 88 valence electrons. The molecule has 1 atom stereocenters. The fraction of sp³-hybridized carbons (Fsp3) is 0.571. The van der Waals surface area contributed by atoms with Gasteiger partial charge in [0, 0.05) is 19.1 Å². The molecule has 1 aromatic rings. The lowest BCUT2D eigenvalue weighted by Gasteiger charge is -2.49. The minimum Gasteiger partial charge on any atom is -0.395 e. The Morgan fingerprint density at radius 3 is 2.38 bits per heavy atom. The molecule has 1 unspecified atom stereocenters. The van der Waals surface area contributed by atoms with Crippen LogP contribution in [0.3, 0.4) is 0 Å². The topological polar surface area (TPSA) is 23.5 Å². The number of hydrogen-bond acceptors (Lipinski definition) is 2. The molecule has 2 rings (SSSR count). The summed E-state index contributed by atoms with van der Waals surface area (Å²) in [6.45, 7) is 7.02. The summed E-state index contributed by atoms with van der Waals surface area (Å²) in [5.41, 5.74) is 1.75. The number of likely N-dealkylation sites (tertiary alicyclic amines) is 1. The van der Waals surface area contributed by atoms with Crippen molar-refractivity contribution in [2.75, 3.05) is 19.7 Å². The molecule has 0 amide bonds. The van der Waals surface area contributed by atoms with Crippen molar-refractivity contribution in [2.24, 2.45) is 5.41 Å². The summed E-state index contributed by atoms with van der Waals surface area (Å²) in [5.74, 6) is 0. The molecule has 1 aliphatic rings. The maximum atomic E-state index is 9.45. The highest BCUT2D eigenvalue weighted by molar-refractivity contribution is 5.16. The zero-order valence-corrected chi connectivity index (χ0v) is 10.2. The van der Waals surface area contributed by atoms with Crippen molar-refractivity contribution in [3.05, 3.63) is 35.9 Å². The molecule has 1 saturated heterocycles. The number of hydrogen-bond donors (Lipinski definition) is 1. The van der Waals surface area contributed by atoms with E-state index in [1.54, 1.807) is 0 Å². The fourth-order valence-corrected chi connectivity index (χ4v) is 2.51. The summed E-state index contributed by atoms with van der Waals surface area (Å²) >= 11 is 0. The summed E-state index contributed by atoms with van der Waals surface area (Å²) in [4.78, 5) is 2.38. The summed E-state index contributed by atoms with van der Waals surface area (Å²) < 4.78 is 0. The second-order valence-corrected chi connectivity index (χ2v) is 5.60. The van der Waals surface area contributed by atoms with E-state index < -0.39 is 0 Å². The van der Waals surface area contributed by atoms with Gasteiger partial charge in [-0.05, 0) is 17.4 Å². The van der Waals surface area contributed by atoms with Crippen molar-refractivity contribution in [3.63, 3.8) is 0 Å². The molecule has 0 spiro atoms. The van der Waals surface area contributed by atoms with E-state index in [1.165, 1.54) is 5.56 Å². The van der Waals surface area contributed by atoms with Crippen LogP contribution in [-0.2, 0) is 6.42 Å². The Kier molecular flexibility index (Phi) is 3.31. The van der Waals surface area contributed by atoms with Crippen LogP contribution in [0.25, 0.3) is 0 Å². The Morgan fingerprint density at radius 1 is 1.25 bits per heavy atom. The van der Waals surface area contributed by atoms with Crippen LogP contribution in [-0.4, -0.2) is 35.7 Å². The largest absolute Gasteiger partial charge is 0.395 e. The van der Waals surface area contributed by atoms with Crippen molar-refractivity contribution in [1.82, 2.24) is 4.90 Å². The number of nitrogens with zero attached hydrogens (tertiary/aromatic N) is 1. The molecular weight excluding hydrogens is 198 g/mol. The van der Waals surface area contributed by atoms with Crippen molar-refractivity contribution < 1.29 is 5.11 Å². The molecule has 16 heavy (non-hydrogen) atoms. The molecule has 0 aromatic heterocycles. The van der Waals surface area contributed by atoms with Crippen molar-refractivity contribution in [3.8, 4) is 0 Å². The number of aliphatic hydroxyl groups excluding tert-OH is 1. The maximum Gasteiger partial charge on any atom is 0.0590 e. The standard InChI is InChI=1S/C14H21NO/c1-14(2)10-15(11-14)13(9-16)8-12-6-4-3-5-7-12/h3-7,13,16H,8-11H2,1-2H3. The van der Waals surface area contributed by atoms with E-state index in [0.29, 0.717) is 5.41 Å². The van der Waals surface area contributed by atoms with Gasteiger partial charge in [0.15, 0.2) is 0 Å². The number of rotatable bonds is 4. The first-order valence-corrected chi connectivity index (χ1v) is 5.99. The van der Waals surface area contributed by atoms with Gasteiger partial charge in [-0.25, -0.2) is 0 Å². The summed E-state index contributed by atoms with van der Waals surface area (Å²) in [7, 11) is 0. The van der Waals surface area contributed by atoms with E-state index in [0.717, 1.165) is 19.5 Å². The van der Waals surface area contributed by atoms with Gasteiger partial charge in [0.2, 0.25) is 0 Å². The minimum absolute atomic E-state index is 0.255. The first-order valence-electron chi connectivity index (χ1n) is 5.99. The molecule has 2 nitrogen and oxygen atoms in total. The predicted octanol–water partition coefficient (Wildman–Crippen LogP) is 1.93. The maximum absolute atomic E-state index is 9.45. The number of benzene rings is 1. The molecule has 1 fully saturated rings. The summed E-state index contributed by atoms with van der Waals surface area (Å²) in [5, 5.41) is 9.45. The van der Waals surface area contributed by atoms with Crippen LogP contribution in [0, 0.1) is 5.41 Å². The molecular formula is C14H21NO. The normalized spacial score (nSPS) is 21.4. The lowest BCUT2D eigenvalue weighted by Crippen LogP contribution is -2.58. The van der Waals surface area contributed by atoms with Crippen LogP contribution in [0.15, 0.2) is 30.3 Å². The van der Waals surface area contributed by atoms with Crippen LogP contribution in [0.4, 0.5) is 0 Å². The molecule has 0 saturated carbocycles. The monoisotopic (exact) mass is 219 g/mol. The third-order valence-corrected chi connectivity index (χ3v) is 3.30. The van der Waals surface area contributed by atoms with E-state index in [9.17, 15) is 5.11 Å². The van der Waals surface area contributed by atoms with Gasteiger partial charge in [0.25, 0.3) is 0 Å². The zero-order chi connectivity index (χ0) is 11.6. The highest BCUT2D eigenvalue weighted by Gasteiger charge is 2.37. The van der Waals surface area contributed by atoms with Crippen LogP contribution in [0.1, 0.15) is 19.4 Å². The molecule has 0 bridgehead atoms. The Morgan fingerprint density at radius 2 is 1.88 bits per heavy atom. The smallest absolute Gasteiger partial charge is 0.0590 e. The van der Waals surface area contributed by atoms with Gasteiger partial charge in [-0.3, -0.25) is 4.90 Å². The Balaban J connectivity index is 1.92. The first kappa shape index (κ1) is 11.6. The van der Waals surface area contributed by atoms with Crippen LogP contribution in [0.5, 0.6) is 0 Å². The average Bonchev–Trinajstić information content (AvgIpc) is 2.24. The summed E-state index contributed by atoms with van der Waals surface area (Å²) in [6.07, 6.45) is 0.952. The van der Waals surface area contributed by atoms with E-state index in [2.05, 4.69) is 43.0 Å². The minimum atomic E-state index is 0.255. The highest BCUT2D eigenvalue weighted by Crippen LogP contribution is 2.31. The van der Waals surface area contributed by atoms with Gasteiger partial charge >= 0.3 is 0 Å². The molecule has 1 aromatic carbocycles. The third kappa shape index (κ3) is 2.63. The van der Waals surface area contributed by atoms with Crippen LogP contribution < -0.4 is 0 Å². The molecule has 1 N–H and O–H groups in total. The Bertz CT molecular complexity index is 326. The quantitative estimate of drug-likeness (QED) is 0.836. The van der Waals surface area contributed by atoms with Crippen molar-refractivity contribution in [1.29, 1.82) is 0 Å². The second-order valence-electron chi connectivity index (χ2n) is 5.60. The first-order chi connectivity index (χ1) is 7.61. The number of aliphatic hydroxyl groups is 1. The lowest BCUT2D eigenvalue weighted by molar-refractivity contribution is -0.0237. The summed E-state index contributed by atoms with van der Waals surface area (Å²) in [6, 6.07) is 10.7. The van der Waals surface area contributed by atoms with Gasteiger partial charge in [0.05, 0.1) is 6.61 Å². The molecule has 0 aliphatic carbocycles. The van der Waals surface area contributed by atoms with Crippen molar-refractivity contribution >= 4 is 0 Å². The SMILES string of the molecule is CC1(C)CN(C(CO)Cc2ccccc2)C1.